The molecule has 9 heteroatoms. The molecule has 7 unspecified atom stereocenters. The topological polar surface area (TPSA) is 149 Å². The molecule has 0 saturated carbocycles. The number of aliphatic hydroxyl groups excluding tert-OH is 5. The highest BCUT2D eigenvalue weighted by Crippen LogP contribution is 2.23. The molecule has 6 N–H and O–H groups in total. The largest absolute Gasteiger partial charge is 0.394 e. The van der Waals surface area contributed by atoms with Crippen molar-refractivity contribution in [2.24, 2.45) is 0 Å². The Morgan fingerprint density at radius 2 is 0.766 bits per heavy atom. The number of rotatable bonds is 59. The lowest BCUT2D eigenvalue weighted by atomic mass is 9.99. The van der Waals surface area contributed by atoms with Crippen LogP contribution in [0.3, 0.4) is 0 Å². The van der Waals surface area contributed by atoms with Gasteiger partial charge < -0.3 is 40.3 Å². The number of carbonyl (C=O) groups is 1. The van der Waals surface area contributed by atoms with Crippen molar-refractivity contribution in [3.63, 3.8) is 0 Å². The van der Waals surface area contributed by atoms with E-state index in [-0.39, 0.29) is 12.5 Å². The summed E-state index contributed by atoms with van der Waals surface area (Å²) in [4.78, 5) is 13.1. The molecule has 0 aromatic heterocycles. The second-order valence-corrected chi connectivity index (χ2v) is 23.6. The fraction of sp³-hybridized carbons (Fsp3) is 0.897. The highest BCUT2D eigenvalue weighted by atomic mass is 16.7. The van der Waals surface area contributed by atoms with Crippen molar-refractivity contribution < 1.29 is 39.8 Å². The molecule has 454 valence electrons. The van der Waals surface area contributed by atoms with Gasteiger partial charge in [-0.25, -0.2) is 0 Å². The number of amides is 1. The smallest absolute Gasteiger partial charge is 0.220 e. The molecule has 0 radical (unpaired) electrons. The van der Waals surface area contributed by atoms with E-state index in [1.165, 1.54) is 270 Å². The van der Waals surface area contributed by atoms with Gasteiger partial charge in [-0.1, -0.05) is 314 Å². The number of hydrogen-bond donors (Lipinski definition) is 6. The number of carbonyl (C=O) groups excluding carboxylic acids is 1. The van der Waals surface area contributed by atoms with Crippen LogP contribution in [0.1, 0.15) is 335 Å². The second-order valence-electron chi connectivity index (χ2n) is 23.6. The van der Waals surface area contributed by atoms with Crippen molar-refractivity contribution in [1.82, 2.24) is 5.32 Å². The van der Waals surface area contributed by atoms with Crippen LogP contribution in [0.25, 0.3) is 0 Å². The van der Waals surface area contributed by atoms with Gasteiger partial charge in [-0.3, -0.25) is 4.79 Å². The van der Waals surface area contributed by atoms with Crippen molar-refractivity contribution in [2.75, 3.05) is 13.2 Å². The lowest BCUT2D eigenvalue weighted by molar-refractivity contribution is -0.302. The number of allylic oxidation sites excluding steroid dienone is 5. The first-order chi connectivity index (χ1) is 37.8. The van der Waals surface area contributed by atoms with Gasteiger partial charge in [0.25, 0.3) is 0 Å². The van der Waals surface area contributed by atoms with Gasteiger partial charge >= 0.3 is 0 Å². The van der Waals surface area contributed by atoms with Crippen molar-refractivity contribution in [3.05, 3.63) is 36.5 Å². The zero-order valence-corrected chi connectivity index (χ0v) is 50.7. The average molecular weight is 1090 g/mol. The Labute approximate surface area is 476 Å². The van der Waals surface area contributed by atoms with Crippen molar-refractivity contribution in [2.45, 2.75) is 378 Å². The lowest BCUT2D eigenvalue weighted by Gasteiger charge is -2.40. The molecule has 1 fully saturated rings. The summed E-state index contributed by atoms with van der Waals surface area (Å²) in [5.41, 5.74) is 0. The van der Waals surface area contributed by atoms with Crippen LogP contribution in [0.5, 0.6) is 0 Å². The maximum Gasteiger partial charge on any atom is 0.220 e. The summed E-state index contributed by atoms with van der Waals surface area (Å²) in [6.45, 7) is 3.82. The SMILES string of the molecule is CCCCCCC/C=C\C/C=C\CCCCCCCCCCCCCCCC(=O)NC(COC1OC(CO)C(O)C(O)C1O)C(O)/C=C/CCCCCCCCCCCCCCCCCCCCCCCCCCCCC. The molecule has 0 bridgehead atoms. The van der Waals surface area contributed by atoms with E-state index in [9.17, 15) is 30.3 Å². The first-order valence-corrected chi connectivity index (χ1v) is 33.7. The number of ether oxygens (including phenoxy) is 2. The third kappa shape index (κ3) is 46.7. The molecule has 77 heavy (non-hydrogen) atoms. The number of unbranched alkanes of at least 4 members (excludes halogenated alkanes) is 45. The number of aliphatic hydroxyl groups is 5. The zero-order chi connectivity index (χ0) is 55.8. The Morgan fingerprint density at radius 3 is 1.12 bits per heavy atom. The third-order valence-corrected chi connectivity index (χ3v) is 16.2. The van der Waals surface area contributed by atoms with Gasteiger partial charge in [0.2, 0.25) is 5.91 Å². The molecule has 1 heterocycles. The van der Waals surface area contributed by atoms with Crippen molar-refractivity contribution in [3.8, 4) is 0 Å². The maximum absolute atomic E-state index is 13.1. The normalized spacial score (nSPS) is 18.9. The summed E-state index contributed by atoms with van der Waals surface area (Å²) in [5, 5.41) is 54.7. The third-order valence-electron chi connectivity index (χ3n) is 16.2. The van der Waals surface area contributed by atoms with Gasteiger partial charge in [0, 0.05) is 6.42 Å². The Kier molecular flexibility index (Phi) is 55.0. The molecule has 1 aliphatic heterocycles. The standard InChI is InChI=1S/C68H129NO8/c1-3-5-7-9-11-13-15-17-19-21-23-25-27-29-30-31-32-34-35-37-39-41-43-45-47-49-51-53-55-57-62(71)61(60-76-68-67(75)66(74)65(73)63(59-70)77-68)69-64(72)58-56-54-52-50-48-46-44-42-40-38-36-33-28-26-24-22-20-18-16-14-12-10-8-6-4-2/h16,18,22,24,55,57,61-63,65-68,70-71,73-75H,3-15,17,19-21,23,25-54,56,58-60H2,1-2H3,(H,69,72)/b18-16-,24-22-,57-55+. The molecular formula is C68H129NO8. The molecule has 0 aromatic carbocycles. The summed E-state index contributed by atoms with van der Waals surface area (Å²) < 4.78 is 11.3. The van der Waals surface area contributed by atoms with Gasteiger partial charge in [-0.15, -0.1) is 0 Å². The van der Waals surface area contributed by atoms with E-state index in [0.717, 1.165) is 44.9 Å². The van der Waals surface area contributed by atoms with Gasteiger partial charge in [0.05, 0.1) is 25.4 Å². The fourth-order valence-electron chi connectivity index (χ4n) is 10.9. The molecule has 0 aromatic rings. The average Bonchev–Trinajstić information content (AvgIpc) is 3.43. The Hall–Kier alpha value is -1.59. The molecule has 0 spiro atoms. The van der Waals surface area contributed by atoms with Crippen molar-refractivity contribution in [1.29, 1.82) is 0 Å². The van der Waals surface area contributed by atoms with Crippen LogP contribution >= 0.6 is 0 Å². The maximum atomic E-state index is 13.1. The number of nitrogens with one attached hydrogen (secondary N) is 1. The molecule has 1 amide bonds. The van der Waals surface area contributed by atoms with E-state index >= 15 is 0 Å². The highest BCUT2D eigenvalue weighted by Gasteiger charge is 2.44. The molecular weight excluding hydrogens is 959 g/mol. The zero-order valence-electron chi connectivity index (χ0n) is 50.7. The predicted molar refractivity (Wildman–Crippen MR) is 327 cm³/mol. The van der Waals surface area contributed by atoms with Crippen LogP contribution in [0.4, 0.5) is 0 Å². The van der Waals surface area contributed by atoms with Crippen LogP contribution in [-0.2, 0) is 14.3 Å². The molecule has 1 aliphatic rings. The Bertz CT molecular complexity index is 1310. The van der Waals surface area contributed by atoms with Crippen LogP contribution in [0.15, 0.2) is 36.5 Å². The van der Waals surface area contributed by atoms with Gasteiger partial charge in [0.1, 0.15) is 24.4 Å². The van der Waals surface area contributed by atoms with E-state index < -0.39 is 49.5 Å². The summed E-state index contributed by atoms with van der Waals surface area (Å²) in [7, 11) is 0. The van der Waals surface area contributed by atoms with E-state index in [4.69, 9.17) is 9.47 Å². The van der Waals surface area contributed by atoms with Crippen molar-refractivity contribution >= 4 is 5.91 Å². The quantitative estimate of drug-likeness (QED) is 0.0261. The highest BCUT2D eigenvalue weighted by molar-refractivity contribution is 5.76. The molecule has 9 nitrogen and oxygen atoms in total. The minimum Gasteiger partial charge on any atom is -0.394 e. The Balaban J connectivity index is 2.15. The van der Waals surface area contributed by atoms with Crippen LogP contribution in [0, 0.1) is 0 Å². The summed E-state index contributed by atoms with van der Waals surface area (Å²) in [6.07, 6.45) is 69.5. The van der Waals surface area contributed by atoms with Crippen LogP contribution < -0.4 is 5.32 Å². The molecule has 1 rings (SSSR count). The predicted octanol–water partition coefficient (Wildman–Crippen LogP) is 17.9. The van der Waals surface area contributed by atoms with Crippen LogP contribution in [0.2, 0.25) is 0 Å². The van der Waals surface area contributed by atoms with E-state index in [1.54, 1.807) is 6.08 Å². The van der Waals surface area contributed by atoms with E-state index in [1.807, 2.05) is 6.08 Å². The molecule has 0 aliphatic carbocycles. The first-order valence-electron chi connectivity index (χ1n) is 33.7. The molecule has 7 atom stereocenters. The summed E-state index contributed by atoms with van der Waals surface area (Å²) >= 11 is 0. The minimum absolute atomic E-state index is 0.173. The van der Waals surface area contributed by atoms with Gasteiger partial charge in [-0.05, 0) is 51.4 Å². The summed E-state index contributed by atoms with van der Waals surface area (Å²) in [5.74, 6) is -0.173. The van der Waals surface area contributed by atoms with Gasteiger partial charge in [-0.2, -0.15) is 0 Å². The molecule has 1 saturated heterocycles. The van der Waals surface area contributed by atoms with E-state index in [0.29, 0.717) is 6.42 Å². The minimum atomic E-state index is -1.57. The van der Waals surface area contributed by atoms with Crippen LogP contribution in [-0.4, -0.2) is 87.5 Å². The van der Waals surface area contributed by atoms with Gasteiger partial charge in [0.15, 0.2) is 6.29 Å². The Morgan fingerprint density at radius 1 is 0.442 bits per heavy atom. The number of hydrogen-bond acceptors (Lipinski definition) is 8. The fourth-order valence-corrected chi connectivity index (χ4v) is 10.9. The second kappa shape index (κ2) is 57.6. The lowest BCUT2D eigenvalue weighted by Crippen LogP contribution is -2.60. The summed E-state index contributed by atoms with van der Waals surface area (Å²) in [6, 6.07) is -0.806. The first kappa shape index (κ1) is 73.4. The van der Waals surface area contributed by atoms with E-state index in [2.05, 4.69) is 43.5 Å². The monoisotopic (exact) mass is 1090 g/mol.